The third-order valence-corrected chi connectivity index (χ3v) is 4.97. The van der Waals surface area contributed by atoms with Gasteiger partial charge in [-0.05, 0) is 26.2 Å². The predicted molar refractivity (Wildman–Crippen MR) is 97.5 cm³/mol. The molecule has 0 bridgehead atoms. The molecule has 0 radical (unpaired) electrons. The number of hydrogen-bond donors (Lipinski definition) is 2. The average molecular weight is 447 g/mol. The van der Waals surface area contributed by atoms with Gasteiger partial charge in [-0.15, -0.1) is 24.0 Å². The Labute approximate surface area is 149 Å². The molecular formula is C13H26IN3O4S. The van der Waals surface area contributed by atoms with Gasteiger partial charge in [-0.2, -0.15) is 0 Å². The zero-order valence-electron chi connectivity index (χ0n) is 13.1. The maximum absolute atomic E-state index is 11.4. The average Bonchev–Trinajstić information content (AvgIpc) is 2.77. The summed E-state index contributed by atoms with van der Waals surface area (Å²) < 4.78 is 27.4. The summed E-state index contributed by atoms with van der Waals surface area (Å²) in [6, 6.07) is -0.0668. The predicted octanol–water partition coefficient (Wildman–Crippen LogP) is 0.690. The number of nitrogens with one attached hydrogen (secondary N) is 2. The first-order valence-corrected chi connectivity index (χ1v) is 9.11. The minimum Gasteiger partial charge on any atom is -0.469 e. The molecule has 1 atom stereocenters. The summed E-state index contributed by atoms with van der Waals surface area (Å²) in [6.07, 6.45) is 2.54. The minimum absolute atomic E-state index is 0. The normalized spacial score (nSPS) is 20.1. The zero-order valence-corrected chi connectivity index (χ0v) is 16.3. The number of methoxy groups -OCH3 is 1. The molecular weight excluding hydrogens is 421 g/mol. The highest BCUT2D eigenvalue weighted by atomic mass is 127. The first-order chi connectivity index (χ1) is 9.96. The number of unbranched alkanes of at least 4 members (excludes halogenated alkanes) is 1. The largest absolute Gasteiger partial charge is 0.469 e. The quantitative estimate of drug-likeness (QED) is 0.196. The fourth-order valence-corrected chi connectivity index (χ4v) is 3.77. The topological polar surface area (TPSA) is 96.9 Å². The van der Waals surface area contributed by atoms with Crippen LogP contribution in [-0.2, 0) is 19.4 Å². The van der Waals surface area contributed by atoms with E-state index in [1.54, 1.807) is 0 Å². The van der Waals surface area contributed by atoms with Crippen LogP contribution in [0.15, 0.2) is 4.99 Å². The standard InChI is InChI=1S/C13H25N3O4S.HI/c1-3-14-13(15-8-5-4-6-12(17)20-2)16-11-7-9-21(18,19)10-11;/h11H,3-10H2,1-2H3,(H2,14,15,16);1H. The van der Waals surface area contributed by atoms with Gasteiger partial charge in [0.05, 0.1) is 18.6 Å². The molecule has 0 aromatic heterocycles. The summed E-state index contributed by atoms with van der Waals surface area (Å²) in [7, 11) is -1.52. The van der Waals surface area contributed by atoms with Gasteiger partial charge in [0, 0.05) is 25.6 Å². The lowest BCUT2D eigenvalue weighted by Gasteiger charge is -2.15. The van der Waals surface area contributed by atoms with E-state index in [0.29, 0.717) is 31.9 Å². The molecule has 1 aliphatic rings. The highest BCUT2D eigenvalue weighted by molar-refractivity contribution is 14.0. The van der Waals surface area contributed by atoms with Crippen LogP contribution in [-0.4, -0.2) is 58.1 Å². The van der Waals surface area contributed by atoms with Crippen LogP contribution in [0.25, 0.3) is 0 Å². The summed E-state index contributed by atoms with van der Waals surface area (Å²) in [5, 5.41) is 6.25. The Kier molecular flexibility index (Phi) is 10.7. The van der Waals surface area contributed by atoms with Gasteiger partial charge >= 0.3 is 5.97 Å². The molecule has 1 unspecified atom stereocenters. The van der Waals surface area contributed by atoms with Crippen molar-refractivity contribution in [3.05, 3.63) is 0 Å². The number of carbonyl (C=O) groups excluding carboxylic acids is 1. The molecule has 1 saturated heterocycles. The Hall–Kier alpha value is -0.580. The van der Waals surface area contributed by atoms with Gasteiger partial charge in [0.25, 0.3) is 0 Å². The third-order valence-electron chi connectivity index (χ3n) is 3.20. The molecule has 2 N–H and O–H groups in total. The Morgan fingerprint density at radius 3 is 2.64 bits per heavy atom. The van der Waals surface area contributed by atoms with Crippen LogP contribution in [0, 0.1) is 0 Å². The number of rotatable bonds is 7. The van der Waals surface area contributed by atoms with Crippen molar-refractivity contribution in [1.82, 2.24) is 10.6 Å². The molecule has 0 aromatic rings. The number of ether oxygens (including phenoxy) is 1. The number of halogens is 1. The van der Waals surface area contributed by atoms with Gasteiger partial charge in [-0.3, -0.25) is 9.79 Å². The second-order valence-electron chi connectivity index (χ2n) is 5.04. The summed E-state index contributed by atoms with van der Waals surface area (Å²) in [6.45, 7) is 3.26. The summed E-state index contributed by atoms with van der Waals surface area (Å²) >= 11 is 0. The van der Waals surface area contributed by atoms with E-state index in [1.807, 2.05) is 6.92 Å². The lowest BCUT2D eigenvalue weighted by Crippen LogP contribution is -2.44. The van der Waals surface area contributed by atoms with E-state index in [4.69, 9.17) is 0 Å². The van der Waals surface area contributed by atoms with Gasteiger partial charge < -0.3 is 15.4 Å². The highest BCUT2D eigenvalue weighted by Crippen LogP contribution is 2.11. The third kappa shape index (κ3) is 8.76. The van der Waals surface area contributed by atoms with E-state index >= 15 is 0 Å². The fourth-order valence-electron chi connectivity index (χ4n) is 2.10. The summed E-state index contributed by atoms with van der Waals surface area (Å²) in [5.74, 6) is 0.834. The Bertz CT molecular complexity index is 468. The van der Waals surface area contributed by atoms with Crippen molar-refractivity contribution in [3.8, 4) is 0 Å². The SMILES string of the molecule is CCNC(=NCCCCC(=O)OC)NC1CCS(=O)(=O)C1.I. The maximum atomic E-state index is 11.4. The lowest BCUT2D eigenvalue weighted by molar-refractivity contribution is -0.140. The van der Waals surface area contributed by atoms with Crippen molar-refractivity contribution in [2.24, 2.45) is 4.99 Å². The first kappa shape index (κ1) is 21.4. The first-order valence-electron chi connectivity index (χ1n) is 7.29. The molecule has 7 nitrogen and oxygen atoms in total. The van der Waals surface area contributed by atoms with Crippen molar-refractivity contribution in [3.63, 3.8) is 0 Å². The molecule has 0 aromatic carbocycles. The molecule has 1 heterocycles. The van der Waals surface area contributed by atoms with Crippen LogP contribution in [0.1, 0.15) is 32.6 Å². The molecule has 1 fully saturated rings. The van der Waals surface area contributed by atoms with Crippen LogP contribution >= 0.6 is 24.0 Å². The molecule has 0 spiro atoms. The van der Waals surface area contributed by atoms with Crippen molar-refractivity contribution >= 4 is 45.7 Å². The Balaban J connectivity index is 0.00000441. The number of nitrogens with zero attached hydrogens (tertiary/aromatic N) is 1. The molecule has 22 heavy (non-hydrogen) atoms. The van der Waals surface area contributed by atoms with E-state index < -0.39 is 9.84 Å². The number of carbonyl (C=O) groups is 1. The van der Waals surface area contributed by atoms with Gasteiger partial charge in [0.1, 0.15) is 0 Å². The van der Waals surface area contributed by atoms with Gasteiger partial charge in [-0.1, -0.05) is 0 Å². The van der Waals surface area contributed by atoms with Crippen molar-refractivity contribution in [1.29, 1.82) is 0 Å². The monoisotopic (exact) mass is 447 g/mol. The fraction of sp³-hybridized carbons (Fsp3) is 0.846. The number of esters is 1. The maximum Gasteiger partial charge on any atom is 0.305 e. The van der Waals surface area contributed by atoms with Gasteiger partial charge in [-0.25, -0.2) is 8.42 Å². The van der Waals surface area contributed by atoms with E-state index in [9.17, 15) is 13.2 Å². The lowest BCUT2D eigenvalue weighted by atomic mass is 10.2. The molecule has 0 aliphatic carbocycles. The molecule has 1 rings (SSSR count). The highest BCUT2D eigenvalue weighted by Gasteiger charge is 2.28. The smallest absolute Gasteiger partial charge is 0.305 e. The second-order valence-corrected chi connectivity index (χ2v) is 7.27. The van der Waals surface area contributed by atoms with Gasteiger partial charge in [0.2, 0.25) is 0 Å². The molecule has 0 saturated carbocycles. The van der Waals surface area contributed by atoms with E-state index in [0.717, 1.165) is 12.8 Å². The van der Waals surface area contributed by atoms with Crippen LogP contribution in [0.5, 0.6) is 0 Å². The zero-order chi connectivity index (χ0) is 15.7. The van der Waals surface area contributed by atoms with Crippen molar-refractivity contribution in [2.45, 2.75) is 38.6 Å². The van der Waals surface area contributed by atoms with E-state index in [1.165, 1.54) is 7.11 Å². The molecule has 0 amide bonds. The second kappa shape index (κ2) is 11.0. The van der Waals surface area contributed by atoms with Gasteiger partial charge in [0.15, 0.2) is 15.8 Å². The van der Waals surface area contributed by atoms with E-state index in [2.05, 4.69) is 20.4 Å². The molecule has 9 heteroatoms. The Morgan fingerprint density at radius 1 is 1.36 bits per heavy atom. The van der Waals surface area contributed by atoms with E-state index in [-0.39, 0.29) is 47.5 Å². The Morgan fingerprint density at radius 2 is 2.09 bits per heavy atom. The number of aliphatic imine (C=N–C) groups is 1. The van der Waals surface area contributed by atoms with Crippen molar-refractivity contribution in [2.75, 3.05) is 31.7 Å². The van der Waals surface area contributed by atoms with Crippen LogP contribution in [0.4, 0.5) is 0 Å². The summed E-state index contributed by atoms with van der Waals surface area (Å²) in [4.78, 5) is 15.4. The van der Waals surface area contributed by atoms with Crippen LogP contribution < -0.4 is 10.6 Å². The number of guanidine groups is 1. The minimum atomic E-state index is -2.89. The number of hydrogen-bond acceptors (Lipinski definition) is 5. The van der Waals surface area contributed by atoms with Crippen molar-refractivity contribution < 1.29 is 17.9 Å². The molecule has 130 valence electrons. The number of sulfone groups is 1. The summed E-state index contributed by atoms with van der Waals surface area (Å²) in [5.41, 5.74) is 0. The van der Waals surface area contributed by atoms with Crippen LogP contribution in [0.2, 0.25) is 0 Å². The molecule has 1 aliphatic heterocycles. The van der Waals surface area contributed by atoms with Crippen LogP contribution in [0.3, 0.4) is 0 Å².